The Kier molecular flexibility index (Phi) is 13.1. The highest BCUT2D eigenvalue weighted by Gasteiger charge is 2.76. The molecule has 10 aromatic rings. The van der Waals surface area contributed by atoms with Gasteiger partial charge in [0.25, 0.3) is 0 Å². The molecule has 0 unspecified atom stereocenters. The van der Waals surface area contributed by atoms with Crippen molar-refractivity contribution in [1.82, 2.24) is 5.06 Å². The van der Waals surface area contributed by atoms with Crippen molar-refractivity contribution >= 4 is 139 Å². The molecule has 0 fully saturated rings. The highest BCUT2D eigenvalue weighted by Crippen LogP contribution is 2.80. The van der Waals surface area contributed by atoms with E-state index >= 15 is 5.21 Å². The largest absolute Gasteiger partial charge is 0.125 e. The van der Waals surface area contributed by atoms with Crippen LogP contribution in [0.5, 0.6) is 0 Å². The van der Waals surface area contributed by atoms with Crippen molar-refractivity contribution in [2.45, 2.75) is 46.6 Å². The van der Waals surface area contributed by atoms with Crippen LogP contribution in [0, 0.1) is 0 Å². The zero-order valence-electron chi connectivity index (χ0n) is 42.9. The summed E-state index contributed by atoms with van der Waals surface area (Å²) >= 11 is 88.3. The maximum atomic E-state index is 16.7. The summed E-state index contributed by atoms with van der Waals surface area (Å²) in [5.74, 6) is 0. The lowest BCUT2D eigenvalue weighted by Crippen LogP contribution is -2.62. The number of rotatable bonds is 8. The van der Waals surface area contributed by atoms with Crippen LogP contribution in [0.15, 0.2) is 194 Å². The van der Waals surface area contributed by atoms with E-state index in [9.17, 15) is 0 Å². The van der Waals surface area contributed by atoms with Gasteiger partial charge in [0.05, 0.1) is 41.8 Å². The van der Waals surface area contributed by atoms with Crippen LogP contribution in [0.4, 0.5) is 0 Å². The van der Waals surface area contributed by atoms with Gasteiger partial charge in [0.15, 0.2) is 0 Å². The van der Waals surface area contributed by atoms with Gasteiger partial charge in [-0.15, -0.1) is 10.3 Å². The minimum absolute atomic E-state index is 0.323. The second-order valence-electron chi connectivity index (χ2n) is 21.7. The number of fused-ring (bicyclic) bond motifs is 10. The fourth-order valence-electron chi connectivity index (χ4n) is 15.5. The van der Waals surface area contributed by atoms with Crippen LogP contribution in [0.2, 0.25) is 60.3 Å². The predicted octanol–water partition coefficient (Wildman–Crippen LogP) is 22.4. The number of hydrogen-bond donors (Lipinski definition) is 0. The van der Waals surface area contributed by atoms with E-state index in [1.54, 1.807) is 0 Å². The monoisotopic (exact) mass is 1300 g/mol. The molecule has 2 bridgehead atoms. The molecule has 0 saturated carbocycles. The van der Waals surface area contributed by atoms with Gasteiger partial charge >= 0.3 is 0 Å². The number of hydrogen-bond acceptors (Lipinski definition) is 1. The van der Waals surface area contributed by atoms with Crippen LogP contribution in [0.25, 0.3) is 0 Å². The summed E-state index contributed by atoms with van der Waals surface area (Å²) in [6, 6.07) is 62.1. The Balaban J connectivity index is 1.17. The summed E-state index contributed by atoms with van der Waals surface area (Å²) in [5, 5.41) is 23.3. The maximum Gasteiger partial charge on any atom is 0.101 e. The molecular weight excluding hydrogens is 1270 g/mol. The number of benzene rings is 10. The van der Waals surface area contributed by atoms with Crippen LogP contribution in [0.1, 0.15) is 103 Å². The molecule has 82 heavy (non-hydrogen) atoms. The Morgan fingerprint density at radius 1 is 0.220 bits per heavy atom. The van der Waals surface area contributed by atoms with E-state index < -0.39 is 32.7 Å². The average molecular weight is 1310 g/mol. The second kappa shape index (κ2) is 19.3. The van der Waals surface area contributed by atoms with Gasteiger partial charge in [-0.2, -0.15) is 0 Å². The molecule has 2 nitrogen and oxygen atoms in total. The van der Waals surface area contributed by atoms with Crippen molar-refractivity contribution in [3.63, 3.8) is 0 Å². The Morgan fingerprint density at radius 3 is 0.463 bits per heavy atom. The van der Waals surface area contributed by atoms with E-state index in [1.165, 1.54) is 0 Å². The van der Waals surface area contributed by atoms with Gasteiger partial charge < -0.3 is 0 Å². The van der Waals surface area contributed by atoms with Gasteiger partial charge in [-0.05, 0) is 178 Å². The van der Waals surface area contributed by atoms with E-state index in [2.05, 4.69) is 0 Å². The molecule has 2 aliphatic carbocycles. The SMILES string of the molecule is CC12c3c(Cl)c4c(c(Cl)c3C(C)(c3c(Cl)c5c(c(Cl)c31)C(c1ccc(Cl)cc1)(c1ccc(Cl)cc1)C5(c1ccc(Cl)cc1)c1ccc(Cl)cc1)N2[O])C(c1ccc(Cl)cc1)(c1ccc(Cl)cc1)C4(c1ccc(Cl)cc1)c1ccc(Cl)cc1. The topological polar surface area (TPSA) is 23.1 Å². The first kappa shape index (κ1) is 55.5. The average Bonchev–Trinajstić information content (AvgIpc) is 1.14. The summed E-state index contributed by atoms with van der Waals surface area (Å²) in [6.07, 6.45) is 0. The smallest absolute Gasteiger partial charge is 0.101 e. The van der Waals surface area contributed by atoms with Gasteiger partial charge in [-0.3, -0.25) is 0 Å². The maximum absolute atomic E-state index is 16.7. The van der Waals surface area contributed by atoms with Crippen molar-refractivity contribution in [1.29, 1.82) is 0 Å². The third-order valence-corrected chi connectivity index (χ3v) is 21.9. The van der Waals surface area contributed by atoms with Gasteiger partial charge in [-0.1, -0.05) is 236 Å². The summed E-state index contributed by atoms with van der Waals surface area (Å²) < 4.78 is 0. The van der Waals surface area contributed by atoms with Gasteiger partial charge in [0.2, 0.25) is 0 Å². The molecule has 1 radical (unpaired) electrons. The zero-order chi connectivity index (χ0) is 57.4. The predicted molar refractivity (Wildman–Crippen MR) is 340 cm³/mol. The molecule has 2 heterocycles. The molecule has 2 aliphatic heterocycles. The minimum Gasteiger partial charge on any atom is -0.125 e. The highest BCUT2D eigenvalue weighted by atomic mass is 35.5. The lowest BCUT2D eigenvalue weighted by Gasteiger charge is -2.64. The van der Waals surface area contributed by atoms with Crippen LogP contribution >= 0.6 is 139 Å². The first-order valence-corrected chi connectivity index (χ1v) is 30.5. The fourth-order valence-corrected chi connectivity index (χ4v) is 18.6. The number of hydroxylamine groups is 2. The Bertz CT molecular complexity index is 3570. The third-order valence-electron chi connectivity index (χ3n) is 18.4. The van der Waals surface area contributed by atoms with Crippen molar-refractivity contribution in [2.75, 3.05) is 0 Å². The van der Waals surface area contributed by atoms with Gasteiger partial charge in [-0.25, -0.2) is 0 Å². The lowest BCUT2D eigenvalue weighted by atomic mass is 9.37. The molecule has 14 heteroatoms. The van der Waals surface area contributed by atoms with Gasteiger partial charge in [0, 0.05) is 62.4 Å². The van der Waals surface area contributed by atoms with E-state index in [0.29, 0.717) is 105 Å². The van der Waals surface area contributed by atoms with Crippen LogP contribution in [0.3, 0.4) is 0 Å². The summed E-state index contributed by atoms with van der Waals surface area (Å²) in [5.41, 5.74) is 3.08. The summed E-state index contributed by atoms with van der Waals surface area (Å²) in [4.78, 5) is 0. The molecule has 4 aliphatic rings. The van der Waals surface area contributed by atoms with E-state index in [1.807, 2.05) is 208 Å². The number of halogens is 12. The van der Waals surface area contributed by atoms with Crippen LogP contribution in [-0.4, -0.2) is 5.06 Å². The molecular formula is C68H38Cl12NO. The molecule has 0 atom stereocenters. The van der Waals surface area contributed by atoms with Gasteiger partial charge in [0.1, 0.15) is 11.1 Å². The van der Waals surface area contributed by atoms with Crippen LogP contribution < -0.4 is 0 Å². The van der Waals surface area contributed by atoms with Crippen molar-refractivity contribution < 1.29 is 5.21 Å². The molecule has 14 rings (SSSR count). The molecule has 10 aromatic carbocycles. The van der Waals surface area contributed by atoms with Crippen molar-refractivity contribution in [2.24, 2.45) is 0 Å². The quantitative estimate of drug-likeness (QED) is 0.149. The van der Waals surface area contributed by atoms with E-state index in [4.69, 9.17) is 139 Å². The number of nitrogens with zero attached hydrogens (tertiary/aromatic N) is 1. The van der Waals surface area contributed by atoms with Crippen molar-refractivity contribution in [3.05, 3.63) is 343 Å². The fraction of sp³-hybridized carbons (Fsp3) is 0.118. The third kappa shape index (κ3) is 6.75. The normalized spacial score (nSPS) is 19.8. The lowest BCUT2D eigenvalue weighted by molar-refractivity contribution is -0.240. The van der Waals surface area contributed by atoms with E-state index in [0.717, 1.165) is 49.6 Å². The molecule has 0 aromatic heterocycles. The summed E-state index contributed by atoms with van der Waals surface area (Å²) in [7, 11) is 0. The standard InChI is InChI=1S/C68H38Cl12NO/c1-63-51-53(61(79)57-55(59(51)77)65(35-3-19-43(69)20-4-35,36-5-21-44(70)22-6-36)67(57,39-11-27-47(73)28-12-39)40-13-29-48(74)30-14-40)64(2,81(63)82)54-52(63)60(78)56-58(62(54)80)68(41-15-31-49(75)32-16-41,42-17-33-50(76)34-18-42)66(56,37-7-23-45(71)24-8-37)38-9-25-46(72)26-10-38/h3-34H,1-2H3. The Morgan fingerprint density at radius 2 is 0.341 bits per heavy atom. The second-order valence-corrected chi connectivity index (χ2v) is 26.8. The Labute approximate surface area is 534 Å². The first-order valence-electron chi connectivity index (χ1n) is 26.0. The molecule has 405 valence electrons. The van der Waals surface area contributed by atoms with E-state index in [-0.39, 0.29) is 0 Å². The first-order chi connectivity index (χ1) is 39.3. The highest BCUT2D eigenvalue weighted by molar-refractivity contribution is 6.40. The minimum atomic E-state index is -1.64. The summed E-state index contributed by atoms with van der Waals surface area (Å²) in [6.45, 7) is 3.76. The molecule has 0 spiro atoms. The molecule has 0 N–H and O–H groups in total. The molecule has 0 amide bonds. The zero-order valence-corrected chi connectivity index (χ0v) is 51.9. The van der Waals surface area contributed by atoms with Crippen molar-refractivity contribution in [3.8, 4) is 0 Å². The molecule has 0 saturated heterocycles. The Hall–Kier alpha value is -4.40. The van der Waals surface area contributed by atoms with Crippen LogP contribution in [-0.2, 0) is 37.9 Å².